The summed E-state index contributed by atoms with van der Waals surface area (Å²) in [7, 11) is 0. The van der Waals surface area contributed by atoms with E-state index in [-0.39, 0.29) is 0 Å². The van der Waals surface area contributed by atoms with Crippen molar-refractivity contribution in [3.8, 4) is 0 Å². The first-order valence-electron chi connectivity index (χ1n) is 3.18. The van der Waals surface area contributed by atoms with Gasteiger partial charge in [-0.1, -0.05) is 0 Å². The molecule has 1 saturated heterocycles. The van der Waals surface area contributed by atoms with Gasteiger partial charge in [0.15, 0.2) is 0 Å². The number of fused-ring (bicyclic) bond motifs is 1. The van der Waals surface area contributed by atoms with Gasteiger partial charge < -0.3 is 4.74 Å². The van der Waals surface area contributed by atoms with Gasteiger partial charge in [-0.15, -0.1) is 9.81 Å². The lowest BCUT2D eigenvalue weighted by Gasteiger charge is -1.90. The maximum absolute atomic E-state index is 10.2. The molecule has 1 aliphatic heterocycles. The van der Waals surface area contributed by atoms with Gasteiger partial charge in [0.2, 0.25) is 0 Å². The molecule has 0 N–H and O–H groups in total. The molecule has 2 unspecified atom stereocenters. The van der Waals surface area contributed by atoms with Crippen molar-refractivity contribution in [2.24, 2.45) is 10.4 Å². The van der Waals surface area contributed by atoms with E-state index in [4.69, 9.17) is 4.74 Å². The molecule has 1 saturated carbocycles. The van der Waals surface area contributed by atoms with E-state index in [2.05, 4.69) is 10.4 Å². The van der Waals surface area contributed by atoms with E-state index >= 15 is 0 Å². The Kier molecular flexibility index (Phi) is 0.839. The lowest BCUT2D eigenvalue weighted by molar-refractivity contribution is 0.221. The van der Waals surface area contributed by atoms with E-state index < -0.39 is 11.4 Å². The van der Waals surface area contributed by atoms with E-state index in [9.17, 15) is 9.81 Å². The van der Waals surface area contributed by atoms with Gasteiger partial charge in [0, 0.05) is 12.8 Å². The summed E-state index contributed by atoms with van der Waals surface area (Å²) in [6, 6.07) is 0. The fourth-order valence-electron chi connectivity index (χ4n) is 1.59. The highest BCUT2D eigenvalue weighted by atomic mass is 16.7. The first-order chi connectivity index (χ1) is 4.79. The molecule has 2 rings (SSSR count). The van der Waals surface area contributed by atoms with Crippen molar-refractivity contribution >= 4 is 0 Å². The second-order valence-corrected chi connectivity index (χ2v) is 2.71. The van der Waals surface area contributed by atoms with E-state index in [1.54, 1.807) is 0 Å². The Balaban J connectivity index is 2.31. The Morgan fingerprint density at radius 2 is 1.60 bits per heavy atom. The molecule has 2 atom stereocenters. The molecular formula is C5H6N2O3. The van der Waals surface area contributed by atoms with Crippen LogP contribution in [0.15, 0.2) is 10.4 Å². The number of nitroso groups, excluding NO2 is 2. The molecular weight excluding hydrogens is 136 g/mol. The monoisotopic (exact) mass is 142 g/mol. The van der Waals surface area contributed by atoms with Crippen LogP contribution in [0.3, 0.4) is 0 Å². The maximum atomic E-state index is 10.2. The second-order valence-electron chi connectivity index (χ2n) is 2.71. The largest absolute Gasteiger partial charge is 0.310 e. The van der Waals surface area contributed by atoms with Gasteiger partial charge in [0.1, 0.15) is 0 Å². The lowest BCUT2D eigenvalue weighted by atomic mass is 10.2. The smallest absolute Gasteiger partial charge is 0.255 e. The molecule has 1 aliphatic carbocycles. The topological polar surface area (TPSA) is 71.4 Å². The highest BCUT2D eigenvalue weighted by Gasteiger charge is 2.78. The summed E-state index contributed by atoms with van der Waals surface area (Å²) < 4.78 is 4.87. The molecule has 10 heavy (non-hydrogen) atoms. The zero-order valence-corrected chi connectivity index (χ0v) is 5.24. The van der Waals surface area contributed by atoms with Crippen LogP contribution in [0, 0.1) is 9.81 Å². The van der Waals surface area contributed by atoms with Crippen LogP contribution in [0.5, 0.6) is 0 Å². The van der Waals surface area contributed by atoms with Crippen LogP contribution in [0.2, 0.25) is 0 Å². The minimum Gasteiger partial charge on any atom is -0.310 e. The van der Waals surface area contributed by atoms with Crippen LogP contribution in [-0.4, -0.2) is 11.4 Å². The fraction of sp³-hybridized carbons (Fsp3) is 1.00. The zero-order valence-electron chi connectivity index (χ0n) is 5.24. The Morgan fingerprint density at radius 3 is 1.90 bits per heavy atom. The van der Waals surface area contributed by atoms with Crippen molar-refractivity contribution in [3.05, 3.63) is 9.81 Å². The number of hydrogen-bond donors (Lipinski definition) is 0. The SMILES string of the molecule is O=NC12CCCC1(N=O)O2. The second kappa shape index (κ2) is 1.42. The summed E-state index contributed by atoms with van der Waals surface area (Å²) >= 11 is 0. The van der Waals surface area contributed by atoms with Crippen molar-refractivity contribution in [1.29, 1.82) is 0 Å². The molecule has 0 radical (unpaired) electrons. The fourth-order valence-corrected chi connectivity index (χ4v) is 1.59. The van der Waals surface area contributed by atoms with E-state index in [1.807, 2.05) is 0 Å². The summed E-state index contributed by atoms with van der Waals surface area (Å²) in [4.78, 5) is 20.3. The molecule has 2 fully saturated rings. The molecule has 5 nitrogen and oxygen atoms in total. The van der Waals surface area contributed by atoms with Crippen molar-refractivity contribution in [2.75, 3.05) is 0 Å². The Bertz CT molecular complexity index is 187. The Hall–Kier alpha value is -0.840. The van der Waals surface area contributed by atoms with Crippen LogP contribution < -0.4 is 0 Å². The predicted octanol–water partition coefficient (Wildman–Crippen LogP) is 1.13. The van der Waals surface area contributed by atoms with Crippen LogP contribution in [0.25, 0.3) is 0 Å². The molecule has 0 aromatic heterocycles. The van der Waals surface area contributed by atoms with Crippen molar-refractivity contribution in [2.45, 2.75) is 30.7 Å². The van der Waals surface area contributed by atoms with E-state index in [0.29, 0.717) is 12.8 Å². The van der Waals surface area contributed by atoms with Gasteiger partial charge in [-0.05, 0) is 16.8 Å². The van der Waals surface area contributed by atoms with Gasteiger partial charge >= 0.3 is 0 Å². The number of nitrogens with zero attached hydrogens (tertiary/aromatic N) is 2. The highest BCUT2D eigenvalue weighted by Crippen LogP contribution is 2.61. The average Bonchev–Trinajstić information content (AvgIpc) is 2.51. The molecule has 0 spiro atoms. The van der Waals surface area contributed by atoms with Gasteiger partial charge in [-0.3, -0.25) is 0 Å². The van der Waals surface area contributed by atoms with Gasteiger partial charge in [-0.25, -0.2) is 0 Å². The lowest BCUT2D eigenvalue weighted by Crippen LogP contribution is -2.13. The van der Waals surface area contributed by atoms with Gasteiger partial charge in [-0.2, -0.15) is 0 Å². The zero-order chi connectivity index (χ0) is 7.24. The minimum absolute atomic E-state index is 0.544. The molecule has 0 bridgehead atoms. The summed E-state index contributed by atoms with van der Waals surface area (Å²) in [5, 5.41) is 5.54. The van der Waals surface area contributed by atoms with Crippen LogP contribution in [0.4, 0.5) is 0 Å². The van der Waals surface area contributed by atoms with Crippen molar-refractivity contribution < 1.29 is 4.74 Å². The third-order valence-corrected chi connectivity index (χ3v) is 2.23. The standard InChI is InChI=1S/C5H6N2O3/c8-6-4-2-1-3-5(4,7-9)10-4/h1-3H2. The molecule has 2 aliphatic rings. The normalized spacial score (nSPS) is 50.0. The average molecular weight is 142 g/mol. The number of ether oxygens (including phenoxy) is 1. The van der Waals surface area contributed by atoms with Gasteiger partial charge in [0.25, 0.3) is 11.4 Å². The highest BCUT2D eigenvalue weighted by molar-refractivity contribution is 5.16. The minimum atomic E-state index is -1.06. The molecule has 54 valence electrons. The summed E-state index contributed by atoms with van der Waals surface area (Å²) in [6.45, 7) is 0. The quantitative estimate of drug-likeness (QED) is 0.428. The number of hydrogen-bond acceptors (Lipinski definition) is 5. The molecule has 0 amide bonds. The van der Waals surface area contributed by atoms with Crippen molar-refractivity contribution in [1.82, 2.24) is 0 Å². The van der Waals surface area contributed by atoms with Crippen molar-refractivity contribution in [3.63, 3.8) is 0 Å². The van der Waals surface area contributed by atoms with Crippen LogP contribution in [-0.2, 0) is 4.74 Å². The third-order valence-electron chi connectivity index (χ3n) is 2.23. The number of epoxide rings is 1. The summed E-state index contributed by atoms with van der Waals surface area (Å²) in [6.07, 6.45) is 1.89. The first-order valence-corrected chi connectivity index (χ1v) is 3.18. The molecule has 5 heteroatoms. The van der Waals surface area contributed by atoms with Crippen LogP contribution in [0.1, 0.15) is 19.3 Å². The molecule has 0 aromatic rings. The Morgan fingerprint density at radius 1 is 1.10 bits per heavy atom. The van der Waals surface area contributed by atoms with E-state index in [0.717, 1.165) is 6.42 Å². The summed E-state index contributed by atoms with van der Waals surface area (Å²) in [5.74, 6) is 0. The van der Waals surface area contributed by atoms with Crippen LogP contribution >= 0.6 is 0 Å². The Labute approximate surface area is 56.7 Å². The first kappa shape index (κ1) is 5.91. The maximum Gasteiger partial charge on any atom is 0.255 e. The number of rotatable bonds is 2. The summed E-state index contributed by atoms with van der Waals surface area (Å²) in [5.41, 5.74) is -2.12. The van der Waals surface area contributed by atoms with E-state index in [1.165, 1.54) is 0 Å². The predicted molar refractivity (Wildman–Crippen MR) is 32.0 cm³/mol. The molecule has 0 aromatic carbocycles. The molecule has 1 heterocycles. The third kappa shape index (κ3) is 0.397. The van der Waals surface area contributed by atoms with Gasteiger partial charge in [0.05, 0.1) is 0 Å².